The first-order valence-corrected chi connectivity index (χ1v) is 7.10. The summed E-state index contributed by atoms with van der Waals surface area (Å²) in [5.41, 5.74) is 0. The molecule has 0 rings (SSSR count). The highest BCUT2D eigenvalue weighted by atomic mass is 16.5. The number of ether oxygens (including phenoxy) is 1. The Morgan fingerprint density at radius 2 is 1.67 bits per heavy atom. The molecule has 122 valence electrons. The number of esters is 1. The van der Waals surface area contributed by atoms with Crippen LogP contribution in [0.2, 0.25) is 0 Å². The number of hydrogen-bond acceptors (Lipinski definition) is 4. The highest BCUT2D eigenvalue weighted by Crippen LogP contribution is 2.07. The molecule has 0 aromatic rings. The Labute approximate surface area is 125 Å². The maximum Gasteiger partial charge on any atom is 0.319 e. The van der Waals surface area contributed by atoms with Gasteiger partial charge in [0, 0.05) is 39.0 Å². The molecule has 0 fully saturated rings. The fourth-order valence-electron chi connectivity index (χ4n) is 1.85. The van der Waals surface area contributed by atoms with E-state index in [9.17, 15) is 14.4 Å². The van der Waals surface area contributed by atoms with Gasteiger partial charge in [0.2, 0.25) is 0 Å². The van der Waals surface area contributed by atoms with Crippen molar-refractivity contribution in [3.63, 3.8) is 0 Å². The lowest BCUT2D eigenvalue weighted by molar-refractivity contribution is -0.141. The predicted molar refractivity (Wildman–Crippen MR) is 78.0 cm³/mol. The molecule has 7 nitrogen and oxygen atoms in total. The van der Waals surface area contributed by atoms with Gasteiger partial charge in [-0.3, -0.25) is 9.59 Å². The lowest BCUT2D eigenvalue weighted by Gasteiger charge is -2.31. The molecule has 1 N–H and O–H groups in total. The van der Waals surface area contributed by atoms with Gasteiger partial charge in [0.1, 0.15) is 0 Å². The minimum Gasteiger partial charge on any atom is -0.481 e. The van der Waals surface area contributed by atoms with Gasteiger partial charge in [-0.2, -0.15) is 0 Å². The first kappa shape index (κ1) is 19.2. The SMILES string of the molecule is COC(=O)CCCN(C)C(=O)N(CCCC(=O)O)C(C)C. The zero-order valence-electron chi connectivity index (χ0n) is 13.3. The van der Waals surface area contributed by atoms with Gasteiger partial charge in [-0.1, -0.05) is 0 Å². The fourth-order valence-corrected chi connectivity index (χ4v) is 1.85. The first-order valence-electron chi connectivity index (χ1n) is 7.10. The third-order valence-electron chi connectivity index (χ3n) is 3.09. The van der Waals surface area contributed by atoms with Gasteiger partial charge in [0.05, 0.1) is 7.11 Å². The molecule has 0 saturated carbocycles. The van der Waals surface area contributed by atoms with E-state index in [0.717, 1.165) is 0 Å². The van der Waals surface area contributed by atoms with Crippen molar-refractivity contribution in [3.05, 3.63) is 0 Å². The summed E-state index contributed by atoms with van der Waals surface area (Å²) in [5.74, 6) is -1.16. The van der Waals surface area contributed by atoms with Crippen LogP contribution < -0.4 is 0 Å². The third kappa shape index (κ3) is 8.16. The molecule has 0 aliphatic rings. The van der Waals surface area contributed by atoms with E-state index in [0.29, 0.717) is 25.9 Å². The molecule has 0 atom stereocenters. The van der Waals surface area contributed by atoms with Gasteiger partial charge < -0.3 is 19.6 Å². The van der Waals surface area contributed by atoms with Gasteiger partial charge in [0.15, 0.2) is 0 Å². The number of carboxylic acid groups (broad SMARTS) is 1. The summed E-state index contributed by atoms with van der Waals surface area (Å²) in [7, 11) is 3.01. The van der Waals surface area contributed by atoms with Crippen LogP contribution in [0.3, 0.4) is 0 Å². The molecule has 0 radical (unpaired) electrons. The molecule has 0 aromatic carbocycles. The number of nitrogens with zero attached hydrogens (tertiary/aromatic N) is 2. The Morgan fingerprint density at radius 3 is 2.14 bits per heavy atom. The average Bonchev–Trinajstić information content (AvgIpc) is 2.41. The van der Waals surface area contributed by atoms with Crippen molar-refractivity contribution in [3.8, 4) is 0 Å². The van der Waals surface area contributed by atoms with Crippen molar-refractivity contribution >= 4 is 18.0 Å². The Morgan fingerprint density at radius 1 is 1.10 bits per heavy atom. The number of urea groups is 1. The molecule has 7 heteroatoms. The van der Waals surface area contributed by atoms with Gasteiger partial charge in [-0.05, 0) is 26.7 Å². The van der Waals surface area contributed by atoms with E-state index >= 15 is 0 Å². The van der Waals surface area contributed by atoms with E-state index in [2.05, 4.69) is 4.74 Å². The normalized spacial score (nSPS) is 10.3. The predicted octanol–water partition coefficient (Wildman–Crippen LogP) is 1.57. The van der Waals surface area contributed by atoms with E-state index in [1.54, 1.807) is 16.8 Å². The minimum atomic E-state index is -0.863. The number of hydrogen-bond donors (Lipinski definition) is 1. The van der Waals surface area contributed by atoms with Crippen LogP contribution in [0.4, 0.5) is 4.79 Å². The highest BCUT2D eigenvalue weighted by Gasteiger charge is 2.20. The average molecular weight is 302 g/mol. The number of rotatable bonds is 9. The molecule has 0 saturated heterocycles. The maximum absolute atomic E-state index is 12.3. The molecule has 0 aliphatic carbocycles. The highest BCUT2D eigenvalue weighted by molar-refractivity contribution is 5.74. The standard InChI is InChI=1S/C14H26N2O5/c1-11(2)16(10-5-7-12(17)18)14(20)15(3)9-6-8-13(19)21-4/h11H,5-10H2,1-4H3,(H,17,18). The number of carbonyl (C=O) groups excluding carboxylic acids is 2. The van der Waals surface area contributed by atoms with Crippen molar-refractivity contribution in [2.45, 2.75) is 45.6 Å². The quantitative estimate of drug-likeness (QED) is 0.653. The maximum atomic E-state index is 12.3. The summed E-state index contributed by atoms with van der Waals surface area (Å²) in [4.78, 5) is 37.0. The van der Waals surface area contributed by atoms with Crippen LogP contribution in [0.15, 0.2) is 0 Å². The van der Waals surface area contributed by atoms with Crippen LogP contribution in [0, 0.1) is 0 Å². The molecule has 0 bridgehead atoms. The summed E-state index contributed by atoms with van der Waals surface area (Å²) in [5, 5.41) is 8.65. The number of amides is 2. The van der Waals surface area contributed by atoms with Crippen LogP contribution in [-0.2, 0) is 14.3 Å². The molecule has 0 aromatic heterocycles. The zero-order chi connectivity index (χ0) is 16.4. The molecule has 21 heavy (non-hydrogen) atoms. The van der Waals surface area contributed by atoms with E-state index in [1.165, 1.54) is 7.11 Å². The third-order valence-corrected chi connectivity index (χ3v) is 3.09. The van der Waals surface area contributed by atoms with E-state index in [-0.39, 0.29) is 30.9 Å². The Kier molecular flexibility index (Phi) is 9.16. The largest absolute Gasteiger partial charge is 0.481 e. The lowest BCUT2D eigenvalue weighted by Crippen LogP contribution is -2.45. The van der Waals surface area contributed by atoms with Gasteiger partial charge in [0.25, 0.3) is 0 Å². The second-order valence-corrected chi connectivity index (χ2v) is 5.17. The Hall–Kier alpha value is -1.79. The number of aliphatic carboxylic acids is 1. The summed E-state index contributed by atoms with van der Waals surface area (Å²) in [6.45, 7) is 4.64. The van der Waals surface area contributed by atoms with Crippen LogP contribution in [0.5, 0.6) is 0 Å². The Balaban J connectivity index is 4.31. The molecular formula is C14H26N2O5. The number of methoxy groups -OCH3 is 1. The van der Waals surface area contributed by atoms with Crippen molar-refractivity contribution in [1.29, 1.82) is 0 Å². The number of carboxylic acids is 1. The second-order valence-electron chi connectivity index (χ2n) is 5.17. The monoisotopic (exact) mass is 302 g/mol. The summed E-state index contributed by atoms with van der Waals surface area (Å²) in [6.07, 6.45) is 1.28. The van der Waals surface area contributed by atoms with Crippen LogP contribution >= 0.6 is 0 Å². The first-order chi connectivity index (χ1) is 9.79. The van der Waals surface area contributed by atoms with Crippen molar-refractivity contribution in [2.24, 2.45) is 0 Å². The number of carbonyl (C=O) groups is 3. The molecule has 0 unspecified atom stereocenters. The van der Waals surface area contributed by atoms with Crippen LogP contribution in [0.1, 0.15) is 39.5 Å². The summed E-state index contributed by atoms with van der Waals surface area (Å²) >= 11 is 0. The van der Waals surface area contributed by atoms with E-state index < -0.39 is 5.97 Å². The summed E-state index contributed by atoms with van der Waals surface area (Å²) in [6, 6.07) is -0.158. The zero-order valence-corrected chi connectivity index (χ0v) is 13.3. The molecular weight excluding hydrogens is 276 g/mol. The van der Waals surface area contributed by atoms with Crippen molar-refractivity contribution < 1.29 is 24.2 Å². The van der Waals surface area contributed by atoms with Crippen LogP contribution in [0.25, 0.3) is 0 Å². The molecule has 0 spiro atoms. The summed E-state index contributed by atoms with van der Waals surface area (Å²) < 4.78 is 4.55. The van der Waals surface area contributed by atoms with Crippen molar-refractivity contribution in [2.75, 3.05) is 27.2 Å². The van der Waals surface area contributed by atoms with E-state index in [1.807, 2.05) is 13.8 Å². The topological polar surface area (TPSA) is 87.2 Å². The minimum absolute atomic E-state index is 0.00523. The van der Waals surface area contributed by atoms with Gasteiger partial charge >= 0.3 is 18.0 Å². The molecule has 0 aliphatic heterocycles. The van der Waals surface area contributed by atoms with E-state index in [4.69, 9.17) is 5.11 Å². The van der Waals surface area contributed by atoms with Crippen molar-refractivity contribution in [1.82, 2.24) is 9.80 Å². The van der Waals surface area contributed by atoms with Gasteiger partial charge in [-0.15, -0.1) is 0 Å². The smallest absolute Gasteiger partial charge is 0.319 e. The molecule has 2 amide bonds. The molecule has 0 heterocycles. The lowest BCUT2D eigenvalue weighted by atomic mass is 10.2. The van der Waals surface area contributed by atoms with Gasteiger partial charge in [-0.25, -0.2) is 4.79 Å². The second kappa shape index (κ2) is 10.0. The Bertz CT molecular complexity index is 357. The van der Waals surface area contributed by atoms with Crippen LogP contribution in [-0.4, -0.2) is 66.2 Å². The fraction of sp³-hybridized carbons (Fsp3) is 0.786.